The van der Waals surface area contributed by atoms with Gasteiger partial charge in [0.05, 0.1) is 19.1 Å². The van der Waals surface area contributed by atoms with Gasteiger partial charge in [0.15, 0.2) is 0 Å². The molecule has 0 saturated carbocycles. The third kappa shape index (κ3) is 23.9. The van der Waals surface area contributed by atoms with Gasteiger partial charge in [0.2, 0.25) is 0 Å². The van der Waals surface area contributed by atoms with E-state index < -0.39 is 0 Å². The summed E-state index contributed by atoms with van der Waals surface area (Å²) in [5, 5.41) is 0. The van der Waals surface area contributed by atoms with Gasteiger partial charge in [0, 0.05) is 6.42 Å². The summed E-state index contributed by atoms with van der Waals surface area (Å²) in [6, 6.07) is 0. The summed E-state index contributed by atoms with van der Waals surface area (Å²) in [7, 11) is 0. The zero-order chi connectivity index (χ0) is 24.7. The van der Waals surface area contributed by atoms with Crippen molar-refractivity contribution < 1.29 is 19.1 Å². The largest absolute Gasteiger partial charge is 0.466 e. The second kappa shape index (κ2) is 22.7. The molecule has 0 bridgehead atoms. The Bertz CT molecular complexity index is 459. The zero-order valence-corrected chi connectivity index (χ0v) is 22.8. The Morgan fingerprint density at radius 2 is 0.939 bits per heavy atom. The van der Waals surface area contributed by atoms with Gasteiger partial charge < -0.3 is 9.47 Å². The number of hydrogen-bond acceptors (Lipinski definition) is 4. The van der Waals surface area contributed by atoms with Gasteiger partial charge in [-0.2, -0.15) is 0 Å². The quantitative estimate of drug-likeness (QED) is 0.111. The maximum absolute atomic E-state index is 12.1. The molecule has 0 saturated heterocycles. The minimum absolute atomic E-state index is 0.0156. The summed E-state index contributed by atoms with van der Waals surface area (Å²) >= 11 is 0. The van der Waals surface area contributed by atoms with E-state index >= 15 is 0 Å². The SMILES string of the molecule is CC(C)CCCCCOC(=O)CCCCCCCCCC(C)C(=O)OCCCCCC(C)C. The minimum atomic E-state index is -0.0321. The van der Waals surface area contributed by atoms with Crippen molar-refractivity contribution in [2.75, 3.05) is 13.2 Å². The molecular formula is C29H56O4. The molecule has 0 spiro atoms. The second-order valence-corrected chi connectivity index (χ2v) is 10.8. The number of ether oxygens (including phenoxy) is 2. The first-order chi connectivity index (χ1) is 15.8. The highest BCUT2D eigenvalue weighted by molar-refractivity contribution is 5.71. The van der Waals surface area contributed by atoms with E-state index in [-0.39, 0.29) is 17.9 Å². The van der Waals surface area contributed by atoms with Crippen molar-refractivity contribution in [2.24, 2.45) is 17.8 Å². The first-order valence-electron chi connectivity index (χ1n) is 14.1. The molecule has 1 atom stereocenters. The third-order valence-corrected chi connectivity index (χ3v) is 6.28. The van der Waals surface area contributed by atoms with Crippen LogP contribution in [0.5, 0.6) is 0 Å². The lowest BCUT2D eigenvalue weighted by molar-refractivity contribution is -0.148. The number of hydrogen-bond donors (Lipinski definition) is 0. The van der Waals surface area contributed by atoms with Crippen LogP contribution in [0, 0.1) is 17.8 Å². The normalized spacial score (nSPS) is 12.3. The summed E-state index contributed by atoms with van der Waals surface area (Å²) in [4.78, 5) is 23.8. The maximum Gasteiger partial charge on any atom is 0.308 e. The Morgan fingerprint density at radius 1 is 0.515 bits per heavy atom. The molecule has 0 aliphatic heterocycles. The van der Waals surface area contributed by atoms with Crippen molar-refractivity contribution in [2.45, 2.75) is 144 Å². The number of carbonyl (C=O) groups is 2. The van der Waals surface area contributed by atoms with Gasteiger partial charge in [-0.3, -0.25) is 9.59 Å². The second-order valence-electron chi connectivity index (χ2n) is 10.8. The average Bonchev–Trinajstić information content (AvgIpc) is 2.76. The van der Waals surface area contributed by atoms with E-state index in [1.54, 1.807) is 0 Å². The molecule has 0 heterocycles. The van der Waals surface area contributed by atoms with Crippen molar-refractivity contribution in [3.05, 3.63) is 0 Å². The van der Waals surface area contributed by atoms with Crippen LogP contribution in [0.25, 0.3) is 0 Å². The van der Waals surface area contributed by atoms with E-state index in [1.165, 1.54) is 51.4 Å². The van der Waals surface area contributed by atoms with Crippen LogP contribution < -0.4 is 0 Å². The van der Waals surface area contributed by atoms with Gasteiger partial charge in [-0.1, -0.05) is 112 Å². The fraction of sp³-hybridized carbons (Fsp3) is 0.931. The summed E-state index contributed by atoms with van der Waals surface area (Å²) < 4.78 is 10.7. The van der Waals surface area contributed by atoms with Gasteiger partial charge >= 0.3 is 11.9 Å². The molecule has 4 nitrogen and oxygen atoms in total. The highest BCUT2D eigenvalue weighted by atomic mass is 16.5. The van der Waals surface area contributed by atoms with E-state index in [1.807, 2.05) is 6.92 Å². The third-order valence-electron chi connectivity index (χ3n) is 6.28. The Hall–Kier alpha value is -1.06. The highest BCUT2D eigenvalue weighted by Gasteiger charge is 2.13. The van der Waals surface area contributed by atoms with Crippen molar-refractivity contribution >= 4 is 11.9 Å². The van der Waals surface area contributed by atoms with E-state index in [4.69, 9.17) is 9.47 Å². The van der Waals surface area contributed by atoms with Crippen molar-refractivity contribution in [3.8, 4) is 0 Å². The molecule has 33 heavy (non-hydrogen) atoms. The Balaban J connectivity index is 3.40. The van der Waals surface area contributed by atoms with E-state index in [9.17, 15) is 9.59 Å². The van der Waals surface area contributed by atoms with Crippen LogP contribution in [-0.4, -0.2) is 25.2 Å². The molecule has 0 aliphatic rings. The topological polar surface area (TPSA) is 52.6 Å². The van der Waals surface area contributed by atoms with Crippen LogP contribution in [0.1, 0.15) is 144 Å². The lowest BCUT2D eigenvalue weighted by Gasteiger charge is -2.11. The Labute approximate surface area is 206 Å². The van der Waals surface area contributed by atoms with Gasteiger partial charge in [0.1, 0.15) is 0 Å². The lowest BCUT2D eigenvalue weighted by atomic mass is 10.0. The van der Waals surface area contributed by atoms with E-state index in [0.717, 1.165) is 63.2 Å². The Kier molecular flexibility index (Phi) is 22.0. The molecular weight excluding hydrogens is 412 g/mol. The van der Waals surface area contributed by atoms with Gasteiger partial charge in [-0.25, -0.2) is 0 Å². The van der Waals surface area contributed by atoms with Crippen molar-refractivity contribution in [3.63, 3.8) is 0 Å². The smallest absolute Gasteiger partial charge is 0.308 e. The molecule has 1 unspecified atom stereocenters. The predicted octanol–water partition coefficient (Wildman–Crippen LogP) is 8.65. The first kappa shape index (κ1) is 31.9. The number of unbranched alkanes of at least 4 members (excludes halogenated alkanes) is 10. The monoisotopic (exact) mass is 468 g/mol. The molecule has 0 radical (unpaired) electrons. The molecule has 0 aromatic carbocycles. The van der Waals surface area contributed by atoms with Gasteiger partial charge in [-0.15, -0.1) is 0 Å². The molecule has 196 valence electrons. The number of esters is 2. The molecule has 0 N–H and O–H groups in total. The lowest BCUT2D eigenvalue weighted by Crippen LogP contribution is -2.15. The fourth-order valence-electron chi connectivity index (χ4n) is 3.96. The van der Waals surface area contributed by atoms with E-state index in [0.29, 0.717) is 19.6 Å². The molecule has 4 heteroatoms. The van der Waals surface area contributed by atoms with Crippen LogP contribution in [0.4, 0.5) is 0 Å². The fourth-order valence-corrected chi connectivity index (χ4v) is 3.96. The summed E-state index contributed by atoms with van der Waals surface area (Å²) in [6.45, 7) is 12.1. The van der Waals surface area contributed by atoms with Crippen molar-refractivity contribution in [1.29, 1.82) is 0 Å². The molecule has 0 aliphatic carbocycles. The molecule has 0 fully saturated rings. The van der Waals surface area contributed by atoms with Crippen molar-refractivity contribution in [1.82, 2.24) is 0 Å². The van der Waals surface area contributed by atoms with Crippen LogP contribution in [0.3, 0.4) is 0 Å². The standard InChI is InChI=1S/C29H56O4/c1-25(2)19-13-11-17-23-32-28(30)22-16-10-8-6-7-9-15-21-27(5)29(31)33-24-18-12-14-20-26(3)4/h25-27H,6-24H2,1-5H3. The van der Waals surface area contributed by atoms with Crippen LogP contribution in [0.15, 0.2) is 0 Å². The molecule has 0 amide bonds. The number of rotatable bonds is 23. The summed E-state index contributed by atoms with van der Waals surface area (Å²) in [6.07, 6.45) is 18.7. The molecule has 0 rings (SSSR count). The first-order valence-corrected chi connectivity index (χ1v) is 14.1. The van der Waals surface area contributed by atoms with Gasteiger partial charge in [-0.05, 0) is 37.5 Å². The minimum Gasteiger partial charge on any atom is -0.466 e. The zero-order valence-electron chi connectivity index (χ0n) is 22.8. The number of carbonyl (C=O) groups excluding carboxylic acids is 2. The molecule has 0 aromatic rings. The van der Waals surface area contributed by atoms with E-state index in [2.05, 4.69) is 27.7 Å². The molecule has 0 aromatic heterocycles. The van der Waals surface area contributed by atoms with Crippen LogP contribution in [0.2, 0.25) is 0 Å². The van der Waals surface area contributed by atoms with Gasteiger partial charge in [0.25, 0.3) is 0 Å². The summed E-state index contributed by atoms with van der Waals surface area (Å²) in [5.41, 5.74) is 0. The maximum atomic E-state index is 12.1. The summed E-state index contributed by atoms with van der Waals surface area (Å²) in [5.74, 6) is 1.48. The van der Waals surface area contributed by atoms with Crippen LogP contribution >= 0.6 is 0 Å². The van der Waals surface area contributed by atoms with Crippen LogP contribution in [-0.2, 0) is 19.1 Å². The highest BCUT2D eigenvalue weighted by Crippen LogP contribution is 2.15. The average molecular weight is 469 g/mol. The predicted molar refractivity (Wildman–Crippen MR) is 139 cm³/mol. The Morgan fingerprint density at radius 3 is 1.48 bits per heavy atom.